The molecule has 3 aromatic rings. The molecule has 0 amide bonds. The topological polar surface area (TPSA) is 53.1 Å². The molecule has 5 nitrogen and oxygen atoms in total. The number of fused-ring (bicyclic) bond motifs is 1. The molecule has 1 heterocycles. The third-order valence-electron chi connectivity index (χ3n) is 6.11. The Morgan fingerprint density at radius 3 is 2.38 bits per heavy atom. The fourth-order valence-corrected chi connectivity index (χ4v) is 4.73. The van der Waals surface area contributed by atoms with Gasteiger partial charge in [0.1, 0.15) is 5.82 Å². The van der Waals surface area contributed by atoms with Gasteiger partial charge in [0.15, 0.2) is 0 Å². The number of benzene rings is 2. The van der Waals surface area contributed by atoms with Gasteiger partial charge in [0.05, 0.1) is 5.52 Å². The van der Waals surface area contributed by atoms with Gasteiger partial charge < -0.3 is 15.5 Å². The van der Waals surface area contributed by atoms with E-state index in [9.17, 15) is 0 Å². The van der Waals surface area contributed by atoms with Gasteiger partial charge in [-0.15, -0.1) is 11.8 Å². The monoisotopic (exact) mass is 451 g/mol. The molecule has 32 heavy (non-hydrogen) atoms. The fraction of sp³-hybridized carbons (Fsp3) is 0.462. The number of thioether (sulfide) groups is 1. The highest BCUT2D eigenvalue weighted by atomic mass is 32.2. The van der Waals surface area contributed by atoms with Crippen molar-refractivity contribution in [2.75, 3.05) is 37.1 Å². The van der Waals surface area contributed by atoms with Gasteiger partial charge >= 0.3 is 0 Å². The second-order valence-electron chi connectivity index (χ2n) is 8.62. The minimum absolute atomic E-state index is 0. The summed E-state index contributed by atoms with van der Waals surface area (Å²) in [7, 11) is 4.07. The van der Waals surface area contributed by atoms with Crippen molar-refractivity contribution in [3.63, 3.8) is 0 Å². The lowest BCUT2D eigenvalue weighted by Crippen LogP contribution is -2.31. The van der Waals surface area contributed by atoms with Crippen LogP contribution >= 0.6 is 11.8 Å². The van der Waals surface area contributed by atoms with Crippen LogP contribution in [0.4, 0.5) is 11.8 Å². The fourth-order valence-electron chi connectivity index (χ4n) is 4.32. The SMILES string of the molecule is C.CSc1ccc(CNCC2CCC(Nc3nc(N(C)C)c4ccccc4n3)CC2)cc1. The molecule has 6 heteroatoms. The van der Waals surface area contributed by atoms with E-state index in [1.54, 1.807) is 11.8 Å². The third-order valence-corrected chi connectivity index (χ3v) is 6.85. The normalized spacial score (nSPS) is 18.2. The Labute approximate surface area is 197 Å². The van der Waals surface area contributed by atoms with Crippen LogP contribution in [0.25, 0.3) is 10.9 Å². The van der Waals surface area contributed by atoms with Gasteiger partial charge in [-0.2, -0.15) is 4.98 Å². The molecule has 0 aliphatic heterocycles. The summed E-state index contributed by atoms with van der Waals surface area (Å²) in [6, 6.07) is 17.5. The van der Waals surface area contributed by atoms with E-state index in [-0.39, 0.29) is 7.43 Å². The molecule has 4 rings (SSSR count). The molecule has 172 valence electrons. The molecule has 1 aliphatic carbocycles. The average molecular weight is 452 g/mol. The second-order valence-corrected chi connectivity index (χ2v) is 9.50. The minimum Gasteiger partial charge on any atom is -0.362 e. The largest absolute Gasteiger partial charge is 0.362 e. The first-order valence-electron chi connectivity index (χ1n) is 11.2. The summed E-state index contributed by atoms with van der Waals surface area (Å²) in [6.07, 6.45) is 6.94. The minimum atomic E-state index is 0. The zero-order valence-electron chi connectivity index (χ0n) is 18.8. The molecular weight excluding hydrogens is 414 g/mol. The van der Waals surface area contributed by atoms with Gasteiger partial charge in [0.2, 0.25) is 5.95 Å². The number of aromatic nitrogens is 2. The Morgan fingerprint density at radius 2 is 1.69 bits per heavy atom. The van der Waals surface area contributed by atoms with Crippen LogP contribution in [0.3, 0.4) is 0 Å². The lowest BCUT2D eigenvalue weighted by molar-refractivity contribution is 0.324. The van der Waals surface area contributed by atoms with Gasteiger partial charge in [-0.05, 0) is 74.2 Å². The molecule has 0 bridgehead atoms. The molecule has 0 spiro atoms. The van der Waals surface area contributed by atoms with Crippen molar-refractivity contribution >= 4 is 34.4 Å². The number of rotatable bonds is 8. The number of nitrogens with zero attached hydrogens (tertiary/aromatic N) is 3. The molecular formula is C26H37N5S. The van der Waals surface area contributed by atoms with Gasteiger partial charge in [0.25, 0.3) is 0 Å². The molecule has 0 atom stereocenters. The van der Waals surface area contributed by atoms with E-state index in [2.05, 4.69) is 58.2 Å². The summed E-state index contributed by atoms with van der Waals surface area (Å²) in [5, 5.41) is 8.36. The van der Waals surface area contributed by atoms with Crippen molar-refractivity contribution in [2.24, 2.45) is 5.92 Å². The second kappa shape index (κ2) is 11.5. The maximum absolute atomic E-state index is 4.80. The van der Waals surface area contributed by atoms with Crippen LogP contribution in [0.2, 0.25) is 0 Å². The summed E-state index contributed by atoms with van der Waals surface area (Å²) in [5.74, 6) is 2.47. The Morgan fingerprint density at radius 1 is 0.969 bits per heavy atom. The summed E-state index contributed by atoms with van der Waals surface area (Å²) in [5.41, 5.74) is 2.35. The van der Waals surface area contributed by atoms with Crippen molar-refractivity contribution < 1.29 is 0 Å². The molecule has 0 unspecified atom stereocenters. The Kier molecular flexibility index (Phi) is 8.76. The lowest BCUT2D eigenvalue weighted by atomic mass is 9.86. The van der Waals surface area contributed by atoms with Crippen LogP contribution in [-0.4, -0.2) is 42.9 Å². The molecule has 1 saturated carbocycles. The van der Waals surface area contributed by atoms with Crippen LogP contribution in [0.5, 0.6) is 0 Å². The number of hydrogen-bond acceptors (Lipinski definition) is 6. The van der Waals surface area contributed by atoms with Gasteiger partial charge in [-0.1, -0.05) is 31.7 Å². The highest BCUT2D eigenvalue weighted by Gasteiger charge is 2.22. The van der Waals surface area contributed by atoms with Gasteiger partial charge in [-0.3, -0.25) is 0 Å². The van der Waals surface area contributed by atoms with Gasteiger partial charge in [0, 0.05) is 37.0 Å². The number of hydrogen-bond donors (Lipinski definition) is 2. The van der Waals surface area contributed by atoms with E-state index in [0.717, 1.165) is 41.7 Å². The van der Waals surface area contributed by atoms with E-state index in [0.29, 0.717) is 6.04 Å². The smallest absolute Gasteiger partial charge is 0.225 e. The van der Waals surface area contributed by atoms with Crippen molar-refractivity contribution in [3.8, 4) is 0 Å². The maximum Gasteiger partial charge on any atom is 0.225 e. The first-order valence-corrected chi connectivity index (χ1v) is 12.4. The molecule has 1 aromatic heterocycles. The molecule has 0 radical (unpaired) electrons. The highest BCUT2D eigenvalue weighted by molar-refractivity contribution is 7.98. The van der Waals surface area contributed by atoms with Crippen LogP contribution < -0.4 is 15.5 Å². The van der Waals surface area contributed by atoms with E-state index in [4.69, 9.17) is 9.97 Å². The third kappa shape index (κ3) is 6.14. The van der Waals surface area contributed by atoms with Crippen molar-refractivity contribution in [3.05, 3.63) is 54.1 Å². The summed E-state index contributed by atoms with van der Waals surface area (Å²) >= 11 is 1.79. The van der Waals surface area contributed by atoms with Crippen molar-refractivity contribution in [2.45, 2.75) is 50.6 Å². The van der Waals surface area contributed by atoms with E-state index in [1.165, 1.54) is 36.1 Å². The van der Waals surface area contributed by atoms with Crippen LogP contribution in [0.1, 0.15) is 38.7 Å². The Balaban J connectivity index is 0.00000289. The predicted octanol–water partition coefficient (Wildman–Crippen LogP) is 5.81. The number of para-hydroxylation sites is 1. The molecule has 0 saturated heterocycles. The first-order chi connectivity index (χ1) is 15.1. The van der Waals surface area contributed by atoms with E-state index < -0.39 is 0 Å². The number of nitrogens with one attached hydrogen (secondary N) is 2. The zero-order chi connectivity index (χ0) is 21.6. The molecule has 1 fully saturated rings. The molecule has 2 N–H and O–H groups in total. The van der Waals surface area contributed by atoms with Crippen molar-refractivity contribution in [1.29, 1.82) is 0 Å². The predicted molar refractivity (Wildman–Crippen MR) is 140 cm³/mol. The Bertz CT molecular complexity index is 981. The lowest BCUT2D eigenvalue weighted by Gasteiger charge is -2.29. The quantitative estimate of drug-likeness (QED) is 0.421. The zero-order valence-corrected chi connectivity index (χ0v) is 19.6. The maximum atomic E-state index is 4.80. The van der Waals surface area contributed by atoms with Crippen LogP contribution in [-0.2, 0) is 6.54 Å². The summed E-state index contributed by atoms with van der Waals surface area (Å²) < 4.78 is 0. The van der Waals surface area contributed by atoms with Crippen molar-refractivity contribution in [1.82, 2.24) is 15.3 Å². The standard InChI is InChI=1S/C25H33N5S.CH4/c1-30(2)24-22-6-4-5-7-23(22)28-25(29-24)27-20-12-8-18(9-13-20)16-26-17-19-10-14-21(31-3)15-11-19;/h4-7,10-11,14-15,18,20,26H,8-9,12-13,16-17H2,1-3H3,(H,27,28,29);1H4. The Hall–Kier alpha value is -2.31. The number of anilines is 2. The first kappa shape index (κ1) is 24.3. The van der Waals surface area contributed by atoms with E-state index >= 15 is 0 Å². The van der Waals surface area contributed by atoms with E-state index in [1.807, 2.05) is 26.2 Å². The molecule has 1 aliphatic rings. The van der Waals surface area contributed by atoms with Gasteiger partial charge in [-0.25, -0.2) is 4.98 Å². The summed E-state index contributed by atoms with van der Waals surface area (Å²) in [4.78, 5) is 12.9. The van der Waals surface area contributed by atoms with Crippen LogP contribution in [0.15, 0.2) is 53.4 Å². The highest BCUT2D eigenvalue weighted by Crippen LogP contribution is 2.28. The summed E-state index contributed by atoms with van der Waals surface area (Å²) in [6.45, 7) is 2.04. The average Bonchev–Trinajstić information content (AvgIpc) is 2.80. The molecule has 2 aromatic carbocycles. The van der Waals surface area contributed by atoms with Crippen LogP contribution in [0, 0.1) is 5.92 Å².